The van der Waals surface area contributed by atoms with E-state index in [0.29, 0.717) is 17.4 Å². The first-order valence-electron chi connectivity index (χ1n) is 6.75. The maximum atomic E-state index is 13.6. The third-order valence-corrected chi connectivity index (χ3v) is 3.95. The van der Waals surface area contributed by atoms with Gasteiger partial charge in [-0.3, -0.25) is 0 Å². The van der Waals surface area contributed by atoms with Gasteiger partial charge in [-0.1, -0.05) is 45.9 Å². The minimum atomic E-state index is -0.0961. The lowest BCUT2D eigenvalue weighted by atomic mass is 9.78. The van der Waals surface area contributed by atoms with Crippen LogP contribution in [-0.4, -0.2) is 13.1 Å². The van der Waals surface area contributed by atoms with Gasteiger partial charge in [0, 0.05) is 6.04 Å². The molecule has 1 aromatic carbocycles. The van der Waals surface area contributed by atoms with Crippen molar-refractivity contribution in [1.82, 2.24) is 5.32 Å². The van der Waals surface area contributed by atoms with Crippen LogP contribution < -0.4 is 5.32 Å². The first-order valence-corrected chi connectivity index (χ1v) is 6.75. The second-order valence-corrected chi connectivity index (χ2v) is 6.28. The average Bonchev–Trinajstić information content (AvgIpc) is 2.29. The second-order valence-electron chi connectivity index (χ2n) is 6.28. The molecule has 1 N–H and O–H groups in total. The van der Waals surface area contributed by atoms with Crippen LogP contribution in [0.15, 0.2) is 24.3 Å². The first kappa shape index (κ1) is 15.2. The largest absolute Gasteiger partial charge is 0.317 e. The number of likely N-dealkylation sites (N-methyl/N-ethyl adjacent to an activating group) is 1. The lowest BCUT2D eigenvalue weighted by Crippen LogP contribution is -2.33. The molecule has 2 heteroatoms. The molecule has 0 bridgehead atoms. The molecule has 0 aliphatic heterocycles. The Labute approximate surface area is 111 Å². The highest BCUT2D eigenvalue weighted by atomic mass is 19.1. The van der Waals surface area contributed by atoms with Gasteiger partial charge in [0.15, 0.2) is 0 Å². The summed E-state index contributed by atoms with van der Waals surface area (Å²) in [5.74, 6) is 0.503. The smallest absolute Gasteiger partial charge is 0.126 e. The summed E-state index contributed by atoms with van der Waals surface area (Å²) in [5, 5.41) is 3.31. The second kappa shape index (κ2) is 6.33. The van der Waals surface area contributed by atoms with Gasteiger partial charge in [-0.25, -0.2) is 4.39 Å². The van der Waals surface area contributed by atoms with Gasteiger partial charge in [0.25, 0.3) is 0 Å². The van der Waals surface area contributed by atoms with Gasteiger partial charge in [-0.2, -0.15) is 0 Å². The van der Waals surface area contributed by atoms with Crippen LogP contribution in [0.1, 0.15) is 39.7 Å². The molecule has 0 saturated heterocycles. The molecule has 1 nitrogen and oxygen atoms in total. The Bertz CT molecular complexity index is 368. The molecule has 0 aromatic heterocycles. The van der Waals surface area contributed by atoms with Crippen LogP contribution in [0.2, 0.25) is 0 Å². The van der Waals surface area contributed by atoms with E-state index in [2.05, 4.69) is 33.0 Å². The maximum Gasteiger partial charge on any atom is 0.126 e. The van der Waals surface area contributed by atoms with E-state index in [-0.39, 0.29) is 5.82 Å². The van der Waals surface area contributed by atoms with Crippen molar-refractivity contribution in [2.24, 2.45) is 11.3 Å². The van der Waals surface area contributed by atoms with Crippen molar-refractivity contribution >= 4 is 0 Å². The Morgan fingerprint density at radius 3 is 2.33 bits per heavy atom. The molecule has 1 rings (SSSR count). The van der Waals surface area contributed by atoms with Gasteiger partial charge in [-0.15, -0.1) is 0 Å². The first-order chi connectivity index (χ1) is 8.34. The van der Waals surface area contributed by atoms with E-state index in [4.69, 9.17) is 0 Å². The quantitative estimate of drug-likeness (QED) is 0.833. The van der Waals surface area contributed by atoms with E-state index in [0.717, 1.165) is 18.4 Å². The number of hydrogen-bond acceptors (Lipinski definition) is 1. The SMILES string of the molecule is CNC(Cc1ccccc1F)CC(C)C(C)(C)C. The monoisotopic (exact) mass is 251 g/mol. The predicted octanol–water partition coefficient (Wildman–Crippen LogP) is 4.03. The molecule has 0 spiro atoms. The molecule has 2 unspecified atom stereocenters. The fourth-order valence-corrected chi connectivity index (χ4v) is 2.01. The standard InChI is InChI=1S/C16H26FN/c1-12(16(2,3)4)10-14(18-5)11-13-8-6-7-9-15(13)17/h6-9,12,14,18H,10-11H2,1-5H3. The zero-order valence-electron chi connectivity index (χ0n) is 12.3. The molecule has 0 aliphatic rings. The molecule has 18 heavy (non-hydrogen) atoms. The van der Waals surface area contributed by atoms with Crippen LogP contribution in [-0.2, 0) is 6.42 Å². The molecule has 0 aliphatic carbocycles. The Kier molecular flexibility index (Phi) is 5.33. The minimum Gasteiger partial charge on any atom is -0.317 e. The van der Waals surface area contributed by atoms with E-state index in [9.17, 15) is 4.39 Å². The number of hydrogen-bond donors (Lipinski definition) is 1. The Morgan fingerprint density at radius 2 is 1.83 bits per heavy atom. The van der Waals surface area contributed by atoms with E-state index in [1.807, 2.05) is 19.2 Å². The van der Waals surface area contributed by atoms with Gasteiger partial charge < -0.3 is 5.32 Å². The van der Waals surface area contributed by atoms with Crippen molar-refractivity contribution in [2.75, 3.05) is 7.05 Å². The zero-order chi connectivity index (χ0) is 13.8. The third-order valence-electron chi connectivity index (χ3n) is 3.95. The fraction of sp³-hybridized carbons (Fsp3) is 0.625. The normalized spacial score (nSPS) is 15.4. The summed E-state index contributed by atoms with van der Waals surface area (Å²) < 4.78 is 13.6. The summed E-state index contributed by atoms with van der Waals surface area (Å²) in [4.78, 5) is 0. The van der Waals surface area contributed by atoms with Gasteiger partial charge in [-0.05, 0) is 42.9 Å². The van der Waals surface area contributed by atoms with Crippen LogP contribution in [0.3, 0.4) is 0 Å². The van der Waals surface area contributed by atoms with Crippen LogP contribution in [0.4, 0.5) is 4.39 Å². The fourth-order valence-electron chi connectivity index (χ4n) is 2.01. The van der Waals surface area contributed by atoms with E-state index < -0.39 is 0 Å². The molecule has 0 fully saturated rings. The summed E-state index contributed by atoms with van der Waals surface area (Å²) >= 11 is 0. The van der Waals surface area contributed by atoms with Crippen LogP contribution in [0, 0.1) is 17.2 Å². The molecule has 2 atom stereocenters. The Balaban J connectivity index is 2.66. The number of benzene rings is 1. The van der Waals surface area contributed by atoms with Gasteiger partial charge >= 0.3 is 0 Å². The average molecular weight is 251 g/mol. The Hall–Kier alpha value is -0.890. The lowest BCUT2D eigenvalue weighted by molar-refractivity contribution is 0.224. The summed E-state index contributed by atoms with van der Waals surface area (Å²) in [6.07, 6.45) is 1.82. The molecule has 0 saturated carbocycles. The van der Waals surface area contributed by atoms with Crippen molar-refractivity contribution in [3.05, 3.63) is 35.6 Å². The summed E-state index contributed by atoms with van der Waals surface area (Å²) in [5.41, 5.74) is 1.10. The zero-order valence-corrected chi connectivity index (χ0v) is 12.3. The Morgan fingerprint density at radius 1 is 1.22 bits per heavy atom. The highest BCUT2D eigenvalue weighted by molar-refractivity contribution is 5.18. The molecule has 0 heterocycles. The van der Waals surface area contributed by atoms with Crippen LogP contribution in [0.25, 0.3) is 0 Å². The molecule has 1 aromatic rings. The highest BCUT2D eigenvalue weighted by Crippen LogP contribution is 2.29. The molecule has 0 amide bonds. The van der Waals surface area contributed by atoms with Crippen molar-refractivity contribution in [2.45, 2.75) is 46.6 Å². The van der Waals surface area contributed by atoms with E-state index in [1.54, 1.807) is 6.07 Å². The number of nitrogens with one attached hydrogen (secondary N) is 1. The van der Waals surface area contributed by atoms with Crippen molar-refractivity contribution < 1.29 is 4.39 Å². The summed E-state index contributed by atoms with van der Waals surface area (Å²) in [6.45, 7) is 9.04. The number of halogens is 1. The van der Waals surface area contributed by atoms with Crippen molar-refractivity contribution in [1.29, 1.82) is 0 Å². The molecule has 102 valence electrons. The van der Waals surface area contributed by atoms with Crippen molar-refractivity contribution in [3.63, 3.8) is 0 Å². The van der Waals surface area contributed by atoms with Crippen LogP contribution in [0.5, 0.6) is 0 Å². The van der Waals surface area contributed by atoms with E-state index >= 15 is 0 Å². The molecule has 0 radical (unpaired) electrons. The van der Waals surface area contributed by atoms with Crippen molar-refractivity contribution in [3.8, 4) is 0 Å². The summed E-state index contributed by atoms with van der Waals surface area (Å²) in [7, 11) is 1.96. The lowest BCUT2D eigenvalue weighted by Gasteiger charge is -2.30. The van der Waals surface area contributed by atoms with Gasteiger partial charge in [0.2, 0.25) is 0 Å². The minimum absolute atomic E-state index is 0.0961. The number of rotatable bonds is 5. The molecular formula is C16H26FN. The van der Waals surface area contributed by atoms with Gasteiger partial charge in [0.05, 0.1) is 0 Å². The predicted molar refractivity (Wildman–Crippen MR) is 76.2 cm³/mol. The van der Waals surface area contributed by atoms with Crippen LogP contribution >= 0.6 is 0 Å². The summed E-state index contributed by atoms with van der Waals surface area (Å²) in [6, 6.07) is 7.39. The van der Waals surface area contributed by atoms with Gasteiger partial charge in [0.1, 0.15) is 5.82 Å². The molecular weight excluding hydrogens is 225 g/mol. The third kappa shape index (κ3) is 4.41. The van der Waals surface area contributed by atoms with E-state index in [1.165, 1.54) is 6.07 Å². The maximum absolute atomic E-state index is 13.6. The highest BCUT2D eigenvalue weighted by Gasteiger charge is 2.23. The topological polar surface area (TPSA) is 12.0 Å².